The molecule has 1 aromatic heterocycles. The first kappa shape index (κ1) is 17.4. The van der Waals surface area contributed by atoms with Gasteiger partial charge in [0.1, 0.15) is 18.7 Å². The van der Waals surface area contributed by atoms with Crippen LogP contribution in [-0.4, -0.2) is 51.8 Å². The van der Waals surface area contributed by atoms with Gasteiger partial charge in [0.15, 0.2) is 5.82 Å². The van der Waals surface area contributed by atoms with Crippen LogP contribution in [0.5, 0.6) is 0 Å². The fraction of sp³-hybridized carbons (Fsp3) is 0.500. The Bertz CT molecular complexity index is 744. The van der Waals surface area contributed by atoms with E-state index in [1.807, 2.05) is 31.7 Å². The van der Waals surface area contributed by atoms with Crippen molar-refractivity contribution in [3.05, 3.63) is 42.2 Å². The van der Waals surface area contributed by atoms with Crippen molar-refractivity contribution in [2.24, 2.45) is 0 Å². The van der Waals surface area contributed by atoms with Gasteiger partial charge in [0.25, 0.3) is 0 Å². The van der Waals surface area contributed by atoms with E-state index in [2.05, 4.69) is 10.1 Å². The molecule has 0 aliphatic carbocycles. The van der Waals surface area contributed by atoms with Gasteiger partial charge in [-0.3, -0.25) is 4.79 Å². The molecule has 0 saturated carbocycles. The third kappa shape index (κ3) is 3.97. The molecule has 2 heterocycles. The van der Waals surface area contributed by atoms with Crippen LogP contribution in [0, 0.1) is 5.82 Å². The molecule has 0 radical (unpaired) electrons. The van der Waals surface area contributed by atoms with Gasteiger partial charge in [-0.2, -0.15) is 5.10 Å². The third-order valence-corrected chi connectivity index (χ3v) is 4.33. The summed E-state index contributed by atoms with van der Waals surface area (Å²) in [6.07, 6.45) is 1.61. The van der Waals surface area contributed by atoms with Gasteiger partial charge in [-0.05, 0) is 12.1 Å². The molecule has 1 aromatic carbocycles. The summed E-state index contributed by atoms with van der Waals surface area (Å²) in [4.78, 5) is 20.5. The molecule has 7 heteroatoms. The quantitative estimate of drug-likeness (QED) is 0.854. The SMILES string of the molecule is CC(C)(C)c1ncn(CC(=O)N2CCN(c3ccccc3F)CC2)n1. The summed E-state index contributed by atoms with van der Waals surface area (Å²) in [6, 6.07) is 6.75. The van der Waals surface area contributed by atoms with Gasteiger partial charge in [-0.25, -0.2) is 14.1 Å². The number of piperazine rings is 1. The van der Waals surface area contributed by atoms with Gasteiger partial charge in [0.2, 0.25) is 5.91 Å². The van der Waals surface area contributed by atoms with Crippen molar-refractivity contribution in [3.63, 3.8) is 0 Å². The van der Waals surface area contributed by atoms with Crippen molar-refractivity contribution < 1.29 is 9.18 Å². The maximum atomic E-state index is 13.9. The van der Waals surface area contributed by atoms with Crippen LogP contribution in [0.3, 0.4) is 0 Å². The number of carbonyl (C=O) groups is 1. The summed E-state index contributed by atoms with van der Waals surface area (Å²) >= 11 is 0. The number of anilines is 1. The minimum Gasteiger partial charge on any atom is -0.366 e. The highest BCUT2D eigenvalue weighted by molar-refractivity contribution is 5.76. The number of hydrogen-bond acceptors (Lipinski definition) is 4. The molecular formula is C18H24FN5O. The first-order valence-electron chi connectivity index (χ1n) is 8.52. The Hall–Kier alpha value is -2.44. The molecule has 134 valence electrons. The summed E-state index contributed by atoms with van der Waals surface area (Å²) in [6.45, 7) is 8.70. The second-order valence-corrected chi connectivity index (χ2v) is 7.34. The second-order valence-electron chi connectivity index (χ2n) is 7.34. The normalized spacial score (nSPS) is 15.5. The molecule has 0 bridgehead atoms. The number of rotatable bonds is 3. The molecule has 2 aromatic rings. The highest BCUT2D eigenvalue weighted by atomic mass is 19.1. The molecule has 1 amide bonds. The van der Waals surface area contributed by atoms with Crippen molar-refractivity contribution in [2.75, 3.05) is 31.1 Å². The van der Waals surface area contributed by atoms with Crippen molar-refractivity contribution in [1.29, 1.82) is 0 Å². The monoisotopic (exact) mass is 345 g/mol. The maximum Gasteiger partial charge on any atom is 0.244 e. The zero-order chi connectivity index (χ0) is 18.0. The Morgan fingerprint density at radius 1 is 1.16 bits per heavy atom. The number of aromatic nitrogens is 3. The van der Waals surface area contributed by atoms with Crippen LogP contribution in [0.15, 0.2) is 30.6 Å². The number of para-hydroxylation sites is 1. The van der Waals surface area contributed by atoms with Crippen LogP contribution in [0.1, 0.15) is 26.6 Å². The number of halogens is 1. The summed E-state index contributed by atoms with van der Waals surface area (Å²) < 4.78 is 15.5. The minimum atomic E-state index is -0.223. The van der Waals surface area contributed by atoms with Crippen LogP contribution in [-0.2, 0) is 16.8 Å². The summed E-state index contributed by atoms with van der Waals surface area (Å²) in [5.41, 5.74) is 0.459. The first-order valence-corrected chi connectivity index (χ1v) is 8.52. The van der Waals surface area contributed by atoms with Gasteiger partial charge >= 0.3 is 0 Å². The fourth-order valence-electron chi connectivity index (χ4n) is 2.86. The zero-order valence-electron chi connectivity index (χ0n) is 14.9. The van der Waals surface area contributed by atoms with Crippen LogP contribution in [0.4, 0.5) is 10.1 Å². The molecule has 1 fully saturated rings. The Balaban J connectivity index is 1.57. The third-order valence-electron chi connectivity index (χ3n) is 4.33. The predicted octanol–water partition coefficient (Wildman–Crippen LogP) is 2.06. The highest BCUT2D eigenvalue weighted by Crippen LogP contribution is 2.20. The van der Waals surface area contributed by atoms with Crippen molar-refractivity contribution in [1.82, 2.24) is 19.7 Å². The van der Waals surface area contributed by atoms with E-state index in [-0.39, 0.29) is 23.7 Å². The second kappa shape index (κ2) is 6.82. The average molecular weight is 345 g/mol. The lowest BCUT2D eigenvalue weighted by atomic mass is 9.96. The molecule has 6 nitrogen and oxygen atoms in total. The van der Waals surface area contributed by atoms with E-state index in [1.165, 1.54) is 6.07 Å². The number of amides is 1. The Kier molecular flexibility index (Phi) is 4.74. The van der Waals surface area contributed by atoms with Gasteiger partial charge in [-0.1, -0.05) is 32.9 Å². The maximum absolute atomic E-state index is 13.9. The van der Waals surface area contributed by atoms with E-state index in [1.54, 1.807) is 28.0 Å². The van der Waals surface area contributed by atoms with E-state index in [9.17, 15) is 9.18 Å². The van der Waals surface area contributed by atoms with Gasteiger partial charge < -0.3 is 9.80 Å². The molecular weight excluding hydrogens is 321 g/mol. The molecule has 0 unspecified atom stereocenters. The largest absolute Gasteiger partial charge is 0.366 e. The van der Waals surface area contributed by atoms with Crippen molar-refractivity contribution >= 4 is 11.6 Å². The van der Waals surface area contributed by atoms with Gasteiger partial charge in [0.05, 0.1) is 5.69 Å². The van der Waals surface area contributed by atoms with Crippen LogP contribution >= 0.6 is 0 Å². The molecule has 1 aliphatic heterocycles. The summed E-state index contributed by atoms with van der Waals surface area (Å²) in [5, 5.41) is 4.39. The molecule has 3 rings (SSSR count). The molecule has 0 atom stereocenters. The fourth-order valence-corrected chi connectivity index (χ4v) is 2.86. The predicted molar refractivity (Wildman–Crippen MR) is 93.9 cm³/mol. The van der Waals surface area contributed by atoms with Crippen molar-refractivity contribution in [3.8, 4) is 0 Å². The van der Waals surface area contributed by atoms with E-state index in [0.717, 1.165) is 5.82 Å². The zero-order valence-corrected chi connectivity index (χ0v) is 14.9. The topological polar surface area (TPSA) is 54.3 Å². The standard InChI is InChI=1S/C18H24FN5O/c1-18(2,3)17-20-13-24(21-17)12-16(25)23-10-8-22(9-11-23)15-7-5-4-6-14(15)19/h4-7,13H,8-12H2,1-3H3. The molecule has 0 N–H and O–H groups in total. The Labute approximate surface area is 147 Å². The van der Waals surface area contributed by atoms with Crippen LogP contribution < -0.4 is 4.90 Å². The minimum absolute atomic E-state index is 0.0125. The number of carbonyl (C=O) groups excluding carboxylic acids is 1. The number of nitrogens with zero attached hydrogens (tertiary/aromatic N) is 5. The molecule has 1 saturated heterocycles. The highest BCUT2D eigenvalue weighted by Gasteiger charge is 2.24. The average Bonchev–Trinajstić information content (AvgIpc) is 3.04. The lowest BCUT2D eigenvalue weighted by Crippen LogP contribution is -2.49. The lowest BCUT2D eigenvalue weighted by molar-refractivity contribution is -0.132. The van der Waals surface area contributed by atoms with Gasteiger partial charge in [0, 0.05) is 31.6 Å². The lowest BCUT2D eigenvalue weighted by Gasteiger charge is -2.36. The van der Waals surface area contributed by atoms with E-state index in [4.69, 9.17) is 0 Å². The summed E-state index contributed by atoms with van der Waals surface area (Å²) in [5.74, 6) is 0.516. The van der Waals surface area contributed by atoms with Crippen LogP contribution in [0.25, 0.3) is 0 Å². The number of hydrogen-bond donors (Lipinski definition) is 0. The van der Waals surface area contributed by atoms with E-state index in [0.29, 0.717) is 31.9 Å². The summed E-state index contributed by atoms with van der Waals surface area (Å²) in [7, 11) is 0. The smallest absolute Gasteiger partial charge is 0.244 e. The van der Waals surface area contributed by atoms with Crippen LogP contribution in [0.2, 0.25) is 0 Å². The van der Waals surface area contributed by atoms with Gasteiger partial charge in [-0.15, -0.1) is 0 Å². The molecule has 1 aliphatic rings. The molecule has 0 spiro atoms. The first-order chi connectivity index (χ1) is 11.8. The van der Waals surface area contributed by atoms with E-state index >= 15 is 0 Å². The Morgan fingerprint density at radius 2 is 1.84 bits per heavy atom. The Morgan fingerprint density at radius 3 is 2.44 bits per heavy atom. The van der Waals surface area contributed by atoms with Crippen molar-refractivity contribution in [2.45, 2.75) is 32.7 Å². The van der Waals surface area contributed by atoms with E-state index < -0.39 is 0 Å². The molecule has 25 heavy (non-hydrogen) atoms. The number of benzene rings is 1.